The smallest absolute Gasteiger partial charge is 0.215 e. The van der Waals surface area contributed by atoms with Crippen LogP contribution in [0.25, 0.3) is 49.2 Å². The van der Waals surface area contributed by atoms with Crippen LogP contribution < -0.4 is 35.0 Å². The van der Waals surface area contributed by atoms with Crippen LogP contribution >= 0.6 is 45.3 Å². The van der Waals surface area contributed by atoms with Crippen LogP contribution in [0.2, 0.25) is 0 Å². The minimum Gasteiger partial charge on any atom is -0.493 e. The molecule has 0 atom stereocenters. The summed E-state index contributed by atoms with van der Waals surface area (Å²) in [6, 6.07) is 45.9. The molecule has 24 heteroatoms. The number of anilines is 1. The lowest BCUT2D eigenvalue weighted by atomic mass is 9.92. The first-order valence-corrected chi connectivity index (χ1v) is 26.0. The minimum absolute atomic E-state index is 0.122. The Kier molecular flexibility index (Phi) is 12.8. The van der Waals surface area contributed by atoms with Gasteiger partial charge in [0.05, 0.1) is 42.3 Å². The standard InChI is InChI=1S/C49H38N16O4S4/c1-5-41(70-25-1)45-50-58-62(54-45)33-9-17-37(18-10-33)66-29-49(30-67-38-19-11-34(12-20-38)63-55-46(51-59-63)42-6-2-26-71-42,31-68-39-21-13-35(14-22-39)64-56-47(52-60-64)43-7-3-27-72-43)32-69-40-23-15-36(16-24-40)65-57-48(53-61-65)44-8-4-28-73-44/h1-28,58H,29-32H2,(H,50,54). The van der Waals surface area contributed by atoms with Crippen LogP contribution in [-0.2, 0) is 0 Å². The number of nitrogens with one attached hydrogen (secondary N) is 2. The quantitative estimate of drug-likeness (QED) is 0.0732. The molecule has 0 saturated heterocycles. The van der Waals surface area contributed by atoms with Crippen LogP contribution in [0.4, 0.5) is 5.69 Å². The molecule has 0 saturated carbocycles. The Hall–Kier alpha value is -8.68. The van der Waals surface area contributed by atoms with Gasteiger partial charge in [0, 0.05) is 0 Å². The zero-order chi connectivity index (χ0) is 48.8. The Morgan fingerprint density at radius 1 is 0.397 bits per heavy atom. The molecule has 0 radical (unpaired) electrons. The van der Waals surface area contributed by atoms with Gasteiger partial charge in [-0.15, -0.1) is 101 Å². The van der Waals surface area contributed by atoms with E-state index < -0.39 is 5.41 Å². The van der Waals surface area contributed by atoms with Crippen LogP contribution in [0.15, 0.2) is 172 Å². The van der Waals surface area contributed by atoms with E-state index in [1.54, 1.807) is 50.5 Å². The van der Waals surface area contributed by atoms with E-state index in [1.165, 1.54) is 14.4 Å². The molecule has 8 heterocycles. The van der Waals surface area contributed by atoms with Crippen molar-refractivity contribution in [2.75, 3.05) is 31.5 Å². The topological polar surface area (TPSA) is 207 Å². The lowest BCUT2D eigenvalue weighted by Gasteiger charge is -2.33. The largest absolute Gasteiger partial charge is 0.493 e. The predicted molar refractivity (Wildman–Crippen MR) is 278 cm³/mol. The normalized spacial score (nSPS) is 12.4. The maximum absolute atomic E-state index is 6.66. The molecule has 0 bridgehead atoms. The minimum atomic E-state index is -0.926. The zero-order valence-corrected chi connectivity index (χ0v) is 41.3. The van der Waals surface area contributed by atoms with Crippen molar-refractivity contribution in [3.8, 4) is 72.2 Å². The number of rotatable bonds is 20. The molecule has 12 rings (SSSR count). The molecule has 0 unspecified atom stereocenters. The molecule has 73 heavy (non-hydrogen) atoms. The number of ether oxygens (including phenoxy) is 4. The number of nitrogens with zero attached hydrogens (tertiary/aromatic N) is 14. The van der Waals surface area contributed by atoms with Crippen molar-refractivity contribution in [3.63, 3.8) is 0 Å². The third-order valence-corrected chi connectivity index (χ3v) is 14.6. The van der Waals surface area contributed by atoms with E-state index in [0.717, 1.165) is 48.1 Å². The second-order valence-electron chi connectivity index (χ2n) is 16.2. The first-order valence-electron chi connectivity index (χ1n) is 22.4. The van der Waals surface area contributed by atoms with Crippen molar-refractivity contribution < 1.29 is 18.9 Å². The third-order valence-electron chi connectivity index (χ3n) is 11.2. The highest BCUT2D eigenvalue weighted by Crippen LogP contribution is 2.30. The van der Waals surface area contributed by atoms with Crippen molar-refractivity contribution in [2.24, 2.45) is 10.5 Å². The molecule has 0 spiro atoms. The maximum atomic E-state index is 6.66. The van der Waals surface area contributed by atoms with Gasteiger partial charge in [-0.1, -0.05) is 24.3 Å². The van der Waals surface area contributed by atoms with E-state index in [0.29, 0.717) is 40.5 Å². The van der Waals surface area contributed by atoms with Crippen molar-refractivity contribution in [1.29, 1.82) is 0 Å². The molecule has 4 aromatic carbocycles. The molecule has 0 aliphatic carbocycles. The number of thiophene rings is 4. The Labute approximate surface area is 431 Å². The number of hydrogen-bond acceptors (Lipinski definition) is 21. The van der Waals surface area contributed by atoms with Crippen molar-refractivity contribution in [1.82, 2.24) is 71.6 Å². The van der Waals surface area contributed by atoms with E-state index in [1.807, 2.05) is 167 Å². The Balaban J connectivity index is 0.812. The number of tetrazole rings is 3. The maximum Gasteiger partial charge on any atom is 0.215 e. The van der Waals surface area contributed by atoms with Gasteiger partial charge in [0.25, 0.3) is 0 Å². The lowest BCUT2D eigenvalue weighted by Crippen LogP contribution is -2.45. The molecule has 0 fully saturated rings. The van der Waals surface area contributed by atoms with E-state index in [9.17, 15) is 0 Å². The number of aromatic nitrogens is 12. The number of hydrazine groups is 2. The monoisotopic (exact) mass is 1040 g/mol. The summed E-state index contributed by atoms with van der Waals surface area (Å²) in [7, 11) is 0. The summed E-state index contributed by atoms with van der Waals surface area (Å²) in [5.41, 5.74) is 8.29. The van der Waals surface area contributed by atoms with E-state index in [4.69, 9.17) is 24.0 Å². The fourth-order valence-corrected chi connectivity index (χ4v) is 9.90. The molecule has 2 N–H and O–H groups in total. The van der Waals surface area contributed by atoms with Gasteiger partial charge < -0.3 is 18.9 Å². The molecule has 1 aliphatic heterocycles. The van der Waals surface area contributed by atoms with Crippen molar-refractivity contribution in [2.45, 2.75) is 0 Å². The molecular weight excluding hydrogens is 1000 g/mol. The number of hydrogen-bond donors (Lipinski definition) is 2. The number of hydrazone groups is 1. The van der Waals surface area contributed by atoms with Gasteiger partial charge in [0.1, 0.15) is 54.8 Å². The fraction of sp³-hybridized carbons (Fsp3) is 0.102. The highest BCUT2D eigenvalue weighted by molar-refractivity contribution is 7.14. The first-order chi connectivity index (χ1) is 36.0. The van der Waals surface area contributed by atoms with E-state index >= 15 is 0 Å². The number of benzene rings is 4. The highest BCUT2D eigenvalue weighted by Gasteiger charge is 2.36. The van der Waals surface area contributed by atoms with Gasteiger partial charge in [-0.05, 0) is 158 Å². The third kappa shape index (κ3) is 10.4. The zero-order valence-electron chi connectivity index (χ0n) is 38.0. The second-order valence-corrected chi connectivity index (χ2v) is 20.0. The fourth-order valence-electron chi connectivity index (χ4n) is 7.29. The summed E-state index contributed by atoms with van der Waals surface area (Å²) >= 11 is 6.26. The Bertz CT molecular complexity index is 3240. The van der Waals surface area contributed by atoms with Crippen LogP contribution in [0.3, 0.4) is 0 Å². The molecule has 1 aliphatic rings. The summed E-state index contributed by atoms with van der Waals surface area (Å²) < 4.78 is 26.6. The second kappa shape index (κ2) is 20.6. The number of amidine groups is 1. The van der Waals surface area contributed by atoms with Crippen LogP contribution in [0.1, 0.15) is 4.88 Å². The predicted octanol–water partition coefficient (Wildman–Crippen LogP) is 8.65. The van der Waals surface area contributed by atoms with Crippen molar-refractivity contribution in [3.05, 3.63) is 172 Å². The van der Waals surface area contributed by atoms with E-state index in [2.05, 4.69) is 57.2 Å². The van der Waals surface area contributed by atoms with Gasteiger partial charge in [-0.2, -0.15) is 5.12 Å². The molecule has 362 valence electrons. The molecule has 11 aromatic rings. The lowest BCUT2D eigenvalue weighted by molar-refractivity contribution is -0.00351. The first kappa shape index (κ1) is 45.5. The Morgan fingerprint density at radius 3 is 1.05 bits per heavy atom. The van der Waals surface area contributed by atoms with Crippen molar-refractivity contribution >= 4 is 56.9 Å². The summed E-state index contributed by atoms with van der Waals surface area (Å²) in [5, 5.41) is 53.7. The summed E-state index contributed by atoms with van der Waals surface area (Å²) in [5.74, 6) is 4.81. The molecule has 20 nitrogen and oxygen atoms in total. The summed E-state index contributed by atoms with van der Waals surface area (Å²) in [4.78, 5) is 8.30. The summed E-state index contributed by atoms with van der Waals surface area (Å²) in [6.07, 6.45) is 0. The molecular formula is C49H38N16O4S4. The molecule has 0 amide bonds. The van der Waals surface area contributed by atoms with Gasteiger partial charge in [-0.3, -0.25) is 5.43 Å². The van der Waals surface area contributed by atoms with Gasteiger partial charge in [0.2, 0.25) is 17.5 Å². The average Bonchev–Trinajstić information content (AvgIpc) is 4.29. The van der Waals surface area contributed by atoms with Gasteiger partial charge in [0.15, 0.2) is 5.84 Å². The average molecular weight is 1040 g/mol. The van der Waals surface area contributed by atoms with Gasteiger partial charge >= 0.3 is 0 Å². The van der Waals surface area contributed by atoms with Gasteiger partial charge in [-0.25, -0.2) is 0 Å². The highest BCUT2D eigenvalue weighted by atomic mass is 32.1. The van der Waals surface area contributed by atoms with Crippen LogP contribution in [-0.4, -0.2) is 92.9 Å². The summed E-state index contributed by atoms with van der Waals surface area (Å²) in [6.45, 7) is 0.493. The van der Waals surface area contributed by atoms with Crippen LogP contribution in [0.5, 0.6) is 23.0 Å². The Morgan fingerprint density at radius 2 is 0.726 bits per heavy atom. The van der Waals surface area contributed by atoms with Crippen LogP contribution in [0, 0.1) is 5.41 Å². The van der Waals surface area contributed by atoms with E-state index in [-0.39, 0.29) is 26.4 Å². The SMILES string of the molecule is c1csc(C2=NN(c3ccc(OCC(COc4ccc(-n5nnc(-c6cccs6)n5)cc4)(COc4ccc(-n5nnc(-c6cccs6)n5)cc4)COc4ccc(-n5nnc(-c6cccs6)n5)cc4)cc3)NN2)c1. The molecule has 7 aromatic heterocycles.